The number of nitrogens with zero attached hydrogens (tertiary/aromatic N) is 3. The molecule has 1 aromatic heterocycles. The molecule has 25 heavy (non-hydrogen) atoms. The van der Waals surface area contributed by atoms with Gasteiger partial charge in [0.25, 0.3) is 5.91 Å². The van der Waals surface area contributed by atoms with E-state index in [2.05, 4.69) is 36.5 Å². The summed E-state index contributed by atoms with van der Waals surface area (Å²) in [6.45, 7) is 6.09. The first kappa shape index (κ1) is 18.2. The lowest BCUT2D eigenvalue weighted by Gasteiger charge is -2.19. The maximum atomic E-state index is 12.1. The van der Waals surface area contributed by atoms with E-state index in [1.54, 1.807) is 19.2 Å². The number of carbonyl (C=O) groups excluding carboxylic acids is 2. The van der Waals surface area contributed by atoms with E-state index in [0.717, 1.165) is 5.56 Å². The number of nitrogens with one attached hydrogen (secondary N) is 2. The molecule has 0 saturated heterocycles. The van der Waals surface area contributed by atoms with Gasteiger partial charge in [0, 0.05) is 12.6 Å². The molecule has 0 bridgehead atoms. The van der Waals surface area contributed by atoms with E-state index in [1.807, 2.05) is 18.2 Å². The van der Waals surface area contributed by atoms with E-state index in [4.69, 9.17) is 5.26 Å². The highest BCUT2D eigenvalue weighted by Gasteiger charge is 2.15. The van der Waals surface area contributed by atoms with Gasteiger partial charge in [-0.2, -0.15) is 10.4 Å². The molecular formula is C18H21N5O2. The van der Waals surface area contributed by atoms with E-state index in [-0.39, 0.29) is 23.4 Å². The van der Waals surface area contributed by atoms with Crippen LogP contribution in [-0.4, -0.2) is 28.1 Å². The van der Waals surface area contributed by atoms with E-state index < -0.39 is 5.91 Å². The monoisotopic (exact) mass is 339 g/mol. The summed E-state index contributed by atoms with van der Waals surface area (Å²) in [6.07, 6.45) is 1.37. The zero-order valence-corrected chi connectivity index (χ0v) is 14.8. The van der Waals surface area contributed by atoms with Gasteiger partial charge in [0.1, 0.15) is 17.5 Å². The van der Waals surface area contributed by atoms with Crippen LogP contribution in [0, 0.1) is 11.3 Å². The first-order chi connectivity index (χ1) is 11.7. The van der Waals surface area contributed by atoms with Crippen LogP contribution in [0.15, 0.2) is 30.5 Å². The first-order valence-corrected chi connectivity index (χ1v) is 7.83. The highest BCUT2D eigenvalue weighted by molar-refractivity contribution is 5.99. The van der Waals surface area contributed by atoms with Crippen molar-refractivity contribution in [2.75, 3.05) is 11.9 Å². The third kappa shape index (κ3) is 4.44. The molecule has 7 nitrogen and oxygen atoms in total. The molecule has 1 aromatic carbocycles. The molecule has 130 valence electrons. The SMILES string of the molecule is Cn1ncc(C#N)c1NC(=O)CNC(=O)c1ccc(C(C)(C)C)cc1. The Morgan fingerprint density at radius 1 is 1.24 bits per heavy atom. The normalized spacial score (nSPS) is 10.8. The third-order valence-corrected chi connectivity index (χ3v) is 3.74. The summed E-state index contributed by atoms with van der Waals surface area (Å²) in [5.74, 6) is -0.461. The molecule has 2 amide bonds. The summed E-state index contributed by atoms with van der Waals surface area (Å²) in [5.41, 5.74) is 1.89. The molecule has 2 aromatic rings. The fraction of sp³-hybridized carbons (Fsp3) is 0.333. The number of hydrogen-bond donors (Lipinski definition) is 2. The number of carbonyl (C=O) groups is 2. The van der Waals surface area contributed by atoms with Crippen LogP contribution in [-0.2, 0) is 17.3 Å². The van der Waals surface area contributed by atoms with Gasteiger partial charge in [-0.05, 0) is 23.1 Å². The van der Waals surface area contributed by atoms with Crippen molar-refractivity contribution < 1.29 is 9.59 Å². The van der Waals surface area contributed by atoms with Crippen LogP contribution in [0.2, 0.25) is 0 Å². The minimum absolute atomic E-state index is 0.0104. The van der Waals surface area contributed by atoms with Crippen molar-refractivity contribution in [1.29, 1.82) is 5.26 Å². The van der Waals surface area contributed by atoms with Crippen LogP contribution in [0.25, 0.3) is 0 Å². The van der Waals surface area contributed by atoms with Gasteiger partial charge in [0.05, 0.1) is 12.7 Å². The van der Waals surface area contributed by atoms with Crippen LogP contribution >= 0.6 is 0 Å². The fourth-order valence-corrected chi connectivity index (χ4v) is 2.23. The molecule has 0 saturated carbocycles. The zero-order chi connectivity index (χ0) is 18.6. The van der Waals surface area contributed by atoms with Crippen molar-refractivity contribution in [3.05, 3.63) is 47.2 Å². The van der Waals surface area contributed by atoms with Gasteiger partial charge in [0.2, 0.25) is 5.91 Å². The molecule has 0 spiro atoms. The molecule has 0 atom stereocenters. The quantitative estimate of drug-likeness (QED) is 0.889. The number of benzene rings is 1. The molecule has 1 heterocycles. The Labute approximate surface area is 146 Å². The van der Waals surface area contributed by atoms with Crippen molar-refractivity contribution in [3.63, 3.8) is 0 Å². The van der Waals surface area contributed by atoms with E-state index in [1.165, 1.54) is 10.9 Å². The summed E-state index contributed by atoms with van der Waals surface area (Å²) < 4.78 is 1.39. The minimum Gasteiger partial charge on any atom is -0.343 e. The molecule has 2 N–H and O–H groups in total. The summed E-state index contributed by atoms with van der Waals surface area (Å²) in [6, 6.07) is 9.24. The average molecular weight is 339 g/mol. The molecular weight excluding hydrogens is 318 g/mol. The van der Waals surface area contributed by atoms with Crippen LogP contribution in [0.5, 0.6) is 0 Å². The van der Waals surface area contributed by atoms with Crippen molar-refractivity contribution in [2.24, 2.45) is 7.05 Å². The maximum absolute atomic E-state index is 12.1. The van der Waals surface area contributed by atoms with Crippen LogP contribution in [0.3, 0.4) is 0 Å². The lowest BCUT2D eigenvalue weighted by molar-refractivity contribution is -0.115. The minimum atomic E-state index is -0.431. The summed E-state index contributed by atoms with van der Waals surface area (Å²) in [7, 11) is 1.62. The summed E-state index contributed by atoms with van der Waals surface area (Å²) in [5, 5.41) is 18.0. The predicted molar refractivity (Wildman–Crippen MR) is 94.0 cm³/mol. The smallest absolute Gasteiger partial charge is 0.251 e. The van der Waals surface area contributed by atoms with Crippen molar-refractivity contribution >= 4 is 17.6 Å². The molecule has 2 rings (SSSR count). The van der Waals surface area contributed by atoms with Crippen LogP contribution in [0.4, 0.5) is 5.82 Å². The largest absolute Gasteiger partial charge is 0.343 e. The Hall–Kier alpha value is -3.14. The van der Waals surface area contributed by atoms with Gasteiger partial charge < -0.3 is 10.6 Å². The third-order valence-electron chi connectivity index (χ3n) is 3.74. The fourth-order valence-electron chi connectivity index (χ4n) is 2.23. The standard InChI is InChI=1S/C18H21N5O2/c1-18(2,3)14-7-5-12(6-8-14)17(25)20-11-15(24)22-16-13(9-19)10-21-23(16)4/h5-8,10H,11H2,1-4H3,(H,20,25)(H,22,24). The van der Waals surface area contributed by atoms with E-state index in [0.29, 0.717) is 11.4 Å². The molecule has 0 aliphatic carbocycles. The predicted octanol–water partition coefficient (Wildman–Crippen LogP) is 1.96. The topological polar surface area (TPSA) is 99.8 Å². The van der Waals surface area contributed by atoms with E-state index in [9.17, 15) is 9.59 Å². The maximum Gasteiger partial charge on any atom is 0.251 e. The number of hydrogen-bond acceptors (Lipinski definition) is 4. The second-order valence-corrected chi connectivity index (χ2v) is 6.70. The average Bonchev–Trinajstić information content (AvgIpc) is 2.92. The Balaban J connectivity index is 1.94. The lowest BCUT2D eigenvalue weighted by Crippen LogP contribution is -2.33. The van der Waals surface area contributed by atoms with Gasteiger partial charge >= 0.3 is 0 Å². The molecule has 0 aliphatic rings. The van der Waals surface area contributed by atoms with E-state index >= 15 is 0 Å². The Morgan fingerprint density at radius 3 is 2.44 bits per heavy atom. The van der Waals surface area contributed by atoms with Gasteiger partial charge in [-0.3, -0.25) is 14.3 Å². The van der Waals surface area contributed by atoms with Gasteiger partial charge in [-0.15, -0.1) is 0 Å². The summed E-state index contributed by atoms with van der Waals surface area (Å²) in [4.78, 5) is 24.1. The Kier molecular flexibility index (Phi) is 5.22. The van der Waals surface area contributed by atoms with Crippen molar-refractivity contribution in [2.45, 2.75) is 26.2 Å². The Morgan fingerprint density at radius 2 is 1.88 bits per heavy atom. The van der Waals surface area contributed by atoms with Gasteiger partial charge in [-0.1, -0.05) is 32.9 Å². The number of rotatable bonds is 4. The van der Waals surface area contributed by atoms with Crippen LogP contribution in [0.1, 0.15) is 42.3 Å². The lowest BCUT2D eigenvalue weighted by atomic mass is 9.87. The number of amides is 2. The second-order valence-electron chi connectivity index (χ2n) is 6.70. The number of aromatic nitrogens is 2. The number of nitriles is 1. The molecule has 0 aliphatic heterocycles. The molecule has 0 unspecified atom stereocenters. The zero-order valence-electron chi connectivity index (χ0n) is 14.8. The highest BCUT2D eigenvalue weighted by atomic mass is 16.2. The summed E-state index contributed by atoms with van der Waals surface area (Å²) >= 11 is 0. The van der Waals surface area contributed by atoms with Crippen molar-refractivity contribution in [1.82, 2.24) is 15.1 Å². The number of anilines is 1. The highest BCUT2D eigenvalue weighted by Crippen LogP contribution is 2.22. The Bertz CT molecular complexity index is 823. The van der Waals surface area contributed by atoms with Gasteiger partial charge in [-0.25, -0.2) is 0 Å². The molecule has 7 heteroatoms. The van der Waals surface area contributed by atoms with Gasteiger partial charge in [0.15, 0.2) is 0 Å². The first-order valence-electron chi connectivity index (χ1n) is 7.83. The molecule has 0 fully saturated rings. The van der Waals surface area contributed by atoms with Crippen LogP contribution < -0.4 is 10.6 Å². The van der Waals surface area contributed by atoms with Crippen molar-refractivity contribution in [3.8, 4) is 6.07 Å². The number of aryl methyl sites for hydroxylation is 1. The molecule has 0 radical (unpaired) electrons. The second kappa shape index (κ2) is 7.18.